The molecule has 0 aromatic heterocycles. The minimum Gasteiger partial charge on any atom is -1.00 e. The van der Waals surface area contributed by atoms with Crippen LogP contribution < -0.4 is 29.6 Å². The third-order valence-electron chi connectivity index (χ3n) is 9.28. The summed E-state index contributed by atoms with van der Waals surface area (Å²) in [5.41, 5.74) is 0. The molecule has 0 atom stereocenters. The van der Waals surface area contributed by atoms with E-state index >= 15 is 0 Å². The summed E-state index contributed by atoms with van der Waals surface area (Å²) in [4.78, 5) is 0. The van der Waals surface area contributed by atoms with Gasteiger partial charge in [-0.3, -0.25) is 9.11 Å². The van der Waals surface area contributed by atoms with Crippen molar-refractivity contribution < 1.29 is 53.2 Å². The zero-order valence-electron chi connectivity index (χ0n) is 33.4. The molecule has 0 aliphatic carbocycles. The maximum Gasteiger partial charge on any atom is 1.00 e. The Morgan fingerprint density at radius 2 is 0.468 bits per heavy atom. The van der Waals surface area contributed by atoms with Gasteiger partial charge >= 0.3 is 40.0 Å². The SMILES string of the molecule is CCCCCCCCCCCCCCCCCCCCOCCCCCCCCCCCCCCCCCCCC.O=S(=O)(O)O.[H-].[Na+]. The number of hydrogen-bond donors (Lipinski definition) is 2. The molecular formula is C40H85NaO5S. The zero-order chi connectivity index (χ0) is 34.1. The van der Waals surface area contributed by atoms with Crippen LogP contribution in [0.3, 0.4) is 0 Å². The maximum atomic E-state index is 8.74. The van der Waals surface area contributed by atoms with Crippen LogP contribution in [0.1, 0.15) is 246 Å². The Kier molecular flexibility index (Phi) is 52.0. The third kappa shape index (κ3) is 62.4. The second-order valence-electron chi connectivity index (χ2n) is 14.1. The molecule has 0 aromatic carbocycles. The molecule has 0 saturated heterocycles. The number of rotatable bonds is 38. The van der Waals surface area contributed by atoms with Gasteiger partial charge in [0.1, 0.15) is 0 Å². The van der Waals surface area contributed by atoms with Crippen molar-refractivity contribution in [3.05, 3.63) is 0 Å². The van der Waals surface area contributed by atoms with Crippen LogP contribution in [-0.4, -0.2) is 30.7 Å². The molecule has 7 heteroatoms. The summed E-state index contributed by atoms with van der Waals surface area (Å²) in [7, 11) is -4.67. The number of hydrogen-bond acceptors (Lipinski definition) is 3. The largest absolute Gasteiger partial charge is 1.00 e. The summed E-state index contributed by atoms with van der Waals surface area (Å²) >= 11 is 0. The summed E-state index contributed by atoms with van der Waals surface area (Å²) in [6.45, 7) is 6.61. The van der Waals surface area contributed by atoms with Crippen molar-refractivity contribution in [3.63, 3.8) is 0 Å². The topological polar surface area (TPSA) is 83.8 Å². The normalized spacial score (nSPS) is 11.3. The van der Waals surface area contributed by atoms with E-state index in [2.05, 4.69) is 13.8 Å². The van der Waals surface area contributed by atoms with Crippen LogP contribution in [0.4, 0.5) is 0 Å². The van der Waals surface area contributed by atoms with E-state index in [-0.39, 0.29) is 31.0 Å². The Balaban J connectivity index is -0.00000128. The molecule has 47 heavy (non-hydrogen) atoms. The predicted octanol–water partition coefficient (Wildman–Crippen LogP) is 11.6. The second kappa shape index (κ2) is 46.8. The van der Waals surface area contributed by atoms with Gasteiger partial charge in [0.15, 0.2) is 0 Å². The molecule has 0 spiro atoms. The molecule has 0 fully saturated rings. The van der Waals surface area contributed by atoms with Crippen LogP contribution in [0, 0.1) is 0 Å². The first kappa shape index (κ1) is 52.2. The second-order valence-corrected chi connectivity index (χ2v) is 15.0. The molecule has 0 saturated carbocycles. The van der Waals surface area contributed by atoms with E-state index in [1.54, 1.807) is 0 Å². The van der Waals surface area contributed by atoms with Crippen molar-refractivity contribution in [1.29, 1.82) is 0 Å². The average Bonchev–Trinajstić information content (AvgIpc) is 3.02. The Morgan fingerprint density at radius 1 is 0.340 bits per heavy atom. The van der Waals surface area contributed by atoms with Gasteiger partial charge in [-0.15, -0.1) is 0 Å². The Bertz CT molecular complexity index is 593. The van der Waals surface area contributed by atoms with Crippen molar-refractivity contribution in [2.24, 2.45) is 0 Å². The monoisotopic (exact) mass is 701 g/mol. The molecule has 0 radical (unpaired) electrons. The molecule has 5 nitrogen and oxygen atoms in total. The van der Waals surface area contributed by atoms with Crippen LogP contribution >= 0.6 is 0 Å². The van der Waals surface area contributed by atoms with E-state index in [0.29, 0.717) is 0 Å². The van der Waals surface area contributed by atoms with Gasteiger partial charge in [-0.05, 0) is 12.8 Å². The Hall–Kier alpha value is 0.830. The van der Waals surface area contributed by atoms with Gasteiger partial charge in [0, 0.05) is 13.2 Å². The molecule has 0 aliphatic heterocycles. The van der Waals surface area contributed by atoms with Crippen LogP contribution in [0.5, 0.6) is 0 Å². The smallest absolute Gasteiger partial charge is 1.00 e. The van der Waals surface area contributed by atoms with Crippen molar-refractivity contribution in [2.45, 2.75) is 245 Å². The van der Waals surface area contributed by atoms with E-state index < -0.39 is 10.4 Å². The average molecular weight is 701 g/mol. The predicted molar refractivity (Wildman–Crippen MR) is 204 cm³/mol. The van der Waals surface area contributed by atoms with Gasteiger partial charge in [0.05, 0.1) is 0 Å². The molecule has 0 heterocycles. The Morgan fingerprint density at radius 3 is 0.617 bits per heavy atom. The number of ether oxygens (including phenoxy) is 1. The minimum absolute atomic E-state index is 0. The summed E-state index contributed by atoms with van der Waals surface area (Å²) in [5, 5.41) is 0. The number of unbranched alkanes of at least 4 members (excludes halogenated alkanes) is 34. The minimum atomic E-state index is -4.67. The van der Waals surface area contributed by atoms with E-state index in [0.717, 1.165) is 13.2 Å². The van der Waals surface area contributed by atoms with E-state index in [1.165, 1.54) is 231 Å². The van der Waals surface area contributed by atoms with Crippen molar-refractivity contribution in [2.75, 3.05) is 13.2 Å². The quantitative estimate of drug-likeness (QED) is 0.0380. The maximum absolute atomic E-state index is 8.74. The molecule has 2 N–H and O–H groups in total. The molecule has 0 amide bonds. The fraction of sp³-hybridized carbons (Fsp3) is 1.00. The Labute approximate surface area is 320 Å². The van der Waals surface area contributed by atoms with E-state index in [4.69, 9.17) is 22.3 Å². The van der Waals surface area contributed by atoms with Gasteiger partial charge in [0.25, 0.3) is 0 Å². The molecule has 0 aromatic rings. The molecule has 0 rings (SSSR count). The summed E-state index contributed by atoms with van der Waals surface area (Å²) in [6, 6.07) is 0. The molecular weight excluding hydrogens is 615 g/mol. The molecule has 0 unspecified atom stereocenters. The van der Waals surface area contributed by atoms with Crippen molar-refractivity contribution in [1.82, 2.24) is 0 Å². The van der Waals surface area contributed by atoms with Gasteiger partial charge in [0.2, 0.25) is 0 Å². The van der Waals surface area contributed by atoms with Gasteiger partial charge in [-0.2, -0.15) is 8.42 Å². The summed E-state index contributed by atoms with van der Waals surface area (Å²) in [6.07, 6.45) is 52.0. The first-order valence-electron chi connectivity index (χ1n) is 20.7. The van der Waals surface area contributed by atoms with E-state index in [9.17, 15) is 0 Å². The third-order valence-corrected chi connectivity index (χ3v) is 9.28. The molecule has 282 valence electrons. The van der Waals surface area contributed by atoms with Crippen LogP contribution in [-0.2, 0) is 15.1 Å². The van der Waals surface area contributed by atoms with Gasteiger partial charge in [-0.1, -0.05) is 232 Å². The van der Waals surface area contributed by atoms with Gasteiger partial charge in [-0.25, -0.2) is 0 Å². The zero-order valence-corrected chi connectivity index (χ0v) is 35.2. The van der Waals surface area contributed by atoms with Crippen LogP contribution in [0.15, 0.2) is 0 Å². The standard InChI is InChI=1S/C40H82O.Na.H2O4S.H/c1-3-5-7-9-11-13-15-17-19-21-23-25-27-29-31-33-35-37-39-41-40-38-36-34-32-30-28-26-24-22-20-18-16-14-12-10-8-6-4-2;;1-5(2,3)4;/h3-40H2,1-2H3;;(H2,1,2,3,4);/q;+1;;-1. The first-order valence-corrected chi connectivity index (χ1v) is 22.1. The fourth-order valence-electron chi connectivity index (χ4n) is 6.31. The van der Waals surface area contributed by atoms with Crippen molar-refractivity contribution in [3.8, 4) is 0 Å². The van der Waals surface area contributed by atoms with Crippen LogP contribution in [0.2, 0.25) is 0 Å². The summed E-state index contributed by atoms with van der Waals surface area (Å²) in [5.74, 6) is 0. The molecule has 0 bridgehead atoms. The summed E-state index contributed by atoms with van der Waals surface area (Å²) < 4.78 is 37.5. The van der Waals surface area contributed by atoms with Gasteiger partial charge < -0.3 is 6.16 Å². The van der Waals surface area contributed by atoms with E-state index in [1.807, 2.05) is 0 Å². The fourth-order valence-corrected chi connectivity index (χ4v) is 6.31. The van der Waals surface area contributed by atoms with Crippen LogP contribution in [0.25, 0.3) is 0 Å². The first-order chi connectivity index (χ1) is 22.4. The molecule has 0 aliphatic rings. The van der Waals surface area contributed by atoms with Crippen molar-refractivity contribution >= 4 is 10.4 Å².